The number of aromatic carboxylic acids is 1. The van der Waals surface area contributed by atoms with Crippen molar-refractivity contribution in [1.82, 2.24) is 0 Å². The molecule has 0 saturated carbocycles. The monoisotopic (exact) mass is 309 g/mol. The lowest BCUT2D eigenvalue weighted by atomic mass is 10.1. The van der Waals surface area contributed by atoms with Crippen LogP contribution in [0.15, 0.2) is 23.3 Å². The molecule has 0 atom stereocenters. The van der Waals surface area contributed by atoms with Crippen LogP contribution in [0.2, 0.25) is 5.02 Å². The summed E-state index contributed by atoms with van der Waals surface area (Å²) in [6.45, 7) is 6.63. The number of benzene rings is 1. The Bertz CT molecular complexity index is 548. The van der Waals surface area contributed by atoms with E-state index in [0.29, 0.717) is 11.7 Å². The molecule has 0 amide bonds. The van der Waals surface area contributed by atoms with E-state index in [9.17, 15) is 9.90 Å². The lowest BCUT2D eigenvalue weighted by Gasteiger charge is -2.27. The van der Waals surface area contributed by atoms with Gasteiger partial charge in [0.1, 0.15) is 0 Å². The van der Waals surface area contributed by atoms with Gasteiger partial charge in [-0.25, -0.2) is 0 Å². The molecule has 21 heavy (non-hydrogen) atoms. The Morgan fingerprint density at radius 3 is 2.62 bits per heavy atom. The zero-order valence-electron chi connectivity index (χ0n) is 12.3. The summed E-state index contributed by atoms with van der Waals surface area (Å²) in [5.74, 6) is -1.29. The molecule has 114 valence electrons. The molecule has 1 heterocycles. The number of anilines is 1. The average molecular weight is 310 g/mol. The molecule has 1 aromatic carbocycles. The molecule has 0 aliphatic carbocycles. The van der Waals surface area contributed by atoms with Gasteiger partial charge >= 0.3 is 0 Å². The van der Waals surface area contributed by atoms with Gasteiger partial charge in [0, 0.05) is 29.1 Å². The number of carbonyl (C=O) groups excluding carboxylic acids is 1. The van der Waals surface area contributed by atoms with Crippen molar-refractivity contribution in [1.29, 1.82) is 0 Å². The molecule has 1 aromatic rings. The maximum absolute atomic E-state index is 10.9. The Morgan fingerprint density at radius 2 is 2.05 bits per heavy atom. The Kier molecular flexibility index (Phi) is 5.20. The minimum absolute atomic E-state index is 0.0269. The third kappa shape index (κ3) is 4.19. The number of nitrogens with one attached hydrogen (secondary N) is 2. The normalized spacial score (nSPS) is 18.7. The molecule has 2 N–H and O–H groups in total. The summed E-state index contributed by atoms with van der Waals surface area (Å²) in [7, 11) is 0. The summed E-state index contributed by atoms with van der Waals surface area (Å²) in [6.07, 6.45) is 1.92. The minimum atomic E-state index is -1.29. The third-order valence-corrected chi connectivity index (χ3v) is 4.14. The molecule has 1 saturated heterocycles. The number of carboxylic acids is 1. The van der Waals surface area contributed by atoms with Crippen molar-refractivity contribution in [2.75, 3.05) is 18.5 Å². The highest BCUT2D eigenvalue weighted by Gasteiger charge is 2.20. The van der Waals surface area contributed by atoms with Crippen LogP contribution in [0.1, 0.15) is 37.0 Å². The first kappa shape index (κ1) is 15.8. The first-order valence-corrected chi connectivity index (χ1v) is 7.52. The molecule has 0 unspecified atom stereocenters. The van der Waals surface area contributed by atoms with E-state index in [2.05, 4.69) is 24.4 Å². The lowest BCUT2D eigenvalue weighted by Crippen LogP contribution is -3.16. The second-order valence-corrected chi connectivity index (χ2v) is 5.99. The summed E-state index contributed by atoms with van der Waals surface area (Å²) in [4.78, 5) is 12.5. The number of carboxylic acid groups (broad SMARTS) is 1. The van der Waals surface area contributed by atoms with Gasteiger partial charge in [-0.15, -0.1) is 0 Å². The van der Waals surface area contributed by atoms with Crippen LogP contribution in [-0.2, 0) is 0 Å². The van der Waals surface area contributed by atoms with Crippen LogP contribution >= 0.6 is 11.6 Å². The summed E-state index contributed by atoms with van der Waals surface area (Å²) in [5, 5.41) is 15.5. The van der Waals surface area contributed by atoms with Crippen LogP contribution in [0, 0.1) is 0 Å². The van der Waals surface area contributed by atoms with Crippen LogP contribution in [0.25, 0.3) is 0 Å². The number of halogens is 1. The quantitative estimate of drug-likeness (QED) is 0.799. The number of rotatable bonds is 4. The molecule has 6 heteroatoms. The zero-order chi connectivity index (χ0) is 15.4. The second kappa shape index (κ2) is 6.91. The molecule has 0 radical (unpaired) electrons. The fourth-order valence-corrected chi connectivity index (χ4v) is 2.64. The Labute approximate surface area is 129 Å². The number of hydrazone groups is 1. The van der Waals surface area contributed by atoms with Crippen molar-refractivity contribution < 1.29 is 14.8 Å². The van der Waals surface area contributed by atoms with Crippen LogP contribution < -0.4 is 15.4 Å². The Balaban J connectivity index is 1.99. The number of hydrogen-bond acceptors (Lipinski definition) is 4. The SMILES string of the molecule is CC(C)[NH+]1CCC(=NNc2ccc(Cl)c(C(=O)[O-])c2)CC1. The number of likely N-dealkylation sites (tertiary alicyclic amines) is 1. The summed E-state index contributed by atoms with van der Waals surface area (Å²) < 4.78 is 0. The second-order valence-electron chi connectivity index (χ2n) is 5.58. The third-order valence-electron chi connectivity index (χ3n) is 3.82. The van der Waals surface area contributed by atoms with Gasteiger partial charge in [-0.3, -0.25) is 5.43 Å². The van der Waals surface area contributed by atoms with E-state index >= 15 is 0 Å². The van der Waals surface area contributed by atoms with E-state index in [1.807, 2.05) is 0 Å². The molecule has 1 fully saturated rings. The van der Waals surface area contributed by atoms with Crippen LogP contribution in [0.3, 0.4) is 0 Å². The van der Waals surface area contributed by atoms with Crippen molar-refractivity contribution in [2.45, 2.75) is 32.7 Å². The van der Waals surface area contributed by atoms with Crippen molar-refractivity contribution >= 4 is 29.0 Å². The molecule has 5 nitrogen and oxygen atoms in total. The molecule has 1 aliphatic heterocycles. The van der Waals surface area contributed by atoms with Gasteiger partial charge in [0.05, 0.1) is 30.8 Å². The molecule has 1 aliphatic rings. The van der Waals surface area contributed by atoms with Crippen LogP contribution in [0.5, 0.6) is 0 Å². The first-order valence-electron chi connectivity index (χ1n) is 7.14. The van der Waals surface area contributed by atoms with Crippen molar-refractivity contribution in [3.8, 4) is 0 Å². The predicted molar refractivity (Wildman–Crippen MR) is 81.9 cm³/mol. The topological polar surface area (TPSA) is 69.0 Å². The fourth-order valence-electron chi connectivity index (χ4n) is 2.44. The lowest BCUT2D eigenvalue weighted by molar-refractivity contribution is -0.922. The van der Waals surface area contributed by atoms with Gasteiger partial charge in [-0.05, 0) is 32.0 Å². The molecular formula is C15H20ClN3O2. The zero-order valence-corrected chi connectivity index (χ0v) is 13.0. The Morgan fingerprint density at radius 1 is 1.38 bits per heavy atom. The van der Waals surface area contributed by atoms with Gasteiger partial charge in [0.2, 0.25) is 0 Å². The average Bonchev–Trinajstić information content (AvgIpc) is 2.46. The summed E-state index contributed by atoms with van der Waals surface area (Å²) in [6, 6.07) is 5.31. The van der Waals surface area contributed by atoms with Gasteiger partial charge in [-0.1, -0.05) is 11.6 Å². The maximum atomic E-state index is 10.9. The van der Waals surface area contributed by atoms with E-state index in [1.54, 1.807) is 11.0 Å². The highest BCUT2D eigenvalue weighted by molar-refractivity contribution is 6.33. The number of nitrogens with zero attached hydrogens (tertiary/aromatic N) is 1. The molecule has 0 spiro atoms. The van der Waals surface area contributed by atoms with Gasteiger partial charge < -0.3 is 14.8 Å². The number of carbonyl (C=O) groups is 1. The fraction of sp³-hybridized carbons (Fsp3) is 0.467. The Hall–Kier alpha value is -1.59. The van der Waals surface area contributed by atoms with Crippen LogP contribution in [0.4, 0.5) is 5.69 Å². The standard InChI is InChI=1S/C15H20ClN3O2/c1-10(2)19-7-5-11(6-8-19)17-18-12-3-4-14(16)13(9-12)15(20)21/h3-4,9-10,18H,5-8H2,1-2H3,(H,20,21). The van der Waals surface area contributed by atoms with Gasteiger partial charge in [-0.2, -0.15) is 5.10 Å². The molecule has 0 aromatic heterocycles. The van der Waals surface area contributed by atoms with Gasteiger partial charge in [0.15, 0.2) is 0 Å². The van der Waals surface area contributed by atoms with E-state index in [1.165, 1.54) is 12.1 Å². The summed E-state index contributed by atoms with van der Waals surface area (Å²) >= 11 is 5.80. The highest BCUT2D eigenvalue weighted by Crippen LogP contribution is 2.20. The largest absolute Gasteiger partial charge is 0.545 e. The maximum Gasteiger partial charge on any atom is 0.0826 e. The number of hydrogen-bond donors (Lipinski definition) is 2. The van der Waals surface area contributed by atoms with E-state index < -0.39 is 5.97 Å². The molecule has 0 bridgehead atoms. The van der Waals surface area contributed by atoms with Crippen molar-refractivity contribution in [3.63, 3.8) is 0 Å². The highest BCUT2D eigenvalue weighted by atomic mass is 35.5. The minimum Gasteiger partial charge on any atom is -0.545 e. The van der Waals surface area contributed by atoms with Gasteiger partial charge in [0.25, 0.3) is 0 Å². The number of piperidine rings is 1. The smallest absolute Gasteiger partial charge is 0.0826 e. The molecular weight excluding hydrogens is 290 g/mol. The van der Waals surface area contributed by atoms with E-state index in [4.69, 9.17) is 11.6 Å². The first-order chi connectivity index (χ1) is 9.97. The van der Waals surface area contributed by atoms with Crippen LogP contribution in [-0.4, -0.2) is 30.8 Å². The van der Waals surface area contributed by atoms with E-state index in [0.717, 1.165) is 31.6 Å². The molecule has 2 rings (SSSR count). The van der Waals surface area contributed by atoms with Crippen molar-refractivity contribution in [3.05, 3.63) is 28.8 Å². The predicted octanol–water partition coefficient (Wildman–Crippen LogP) is 0.558. The summed E-state index contributed by atoms with van der Waals surface area (Å²) in [5.41, 5.74) is 4.60. The number of quaternary nitrogens is 1. The van der Waals surface area contributed by atoms with E-state index in [-0.39, 0.29) is 10.6 Å². The van der Waals surface area contributed by atoms with Crippen molar-refractivity contribution in [2.24, 2.45) is 5.10 Å².